The highest BCUT2D eigenvalue weighted by molar-refractivity contribution is 7.91. The number of thiophene rings is 1. The third-order valence-electron chi connectivity index (χ3n) is 3.10. The Bertz CT molecular complexity index is 914. The number of aromatic nitrogens is 1. The van der Waals surface area contributed by atoms with Gasteiger partial charge in [-0.2, -0.15) is 4.98 Å². The predicted molar refractivity (Wildman–Crippen MR) is 91.0 cm³/mol. The van der Waals surface area contributed by atoms with Crippen LogP contribution in [0.15, 0.2) is 56.1 Å². The summed E-state index contributed by atoms with van der Waals surface area (Å²) in [6, 6.07) is 9.66. The molecule has 0 fully saturated rings. The topological polar surface area (TPSA) is 63.4 Å². The van der Waals surface area contributed by atoms with Crippen LogP contribution in [-0.2, 0) is 9.84 Å². The number of rotatable bonds is 4. The van der Waals surface area contributed by atoms with Gasteiger partial charge in [-0.15, -0.1) is 11.3 Å². The number of sulfone groups is 1. The Kier molecular flexibility index (Phi) is 4.18. The van der Waals surface area contributed by atoms with Gasteiger partial charge >= 0.3 is 0 Å². The van der Waals surface area contributed by atoms with Crippen LogP contribution < -0.4 is 4.90 Å². The van der Waals surface area contributed by atoms with Crippen molar-refractivity contribution >= 4 is 38.7 Å². The molecule has 0 saturated heterocycles. The Balaban J connectivity index is 2.16. The average molecular weight is 369 g/mol. The number of halogens is 1. The molecule has 0 aliphatic heterocycles. The fourth-order valence-electron chi connectivity index (χ4n) is 1.99. The van der Waals surface area contributed by atoms with Crippen LogP contribution in [0.25, 0.3) is 10.8 Å². The molecule has 0 amide bonds. The predicted octanol–water partition coefficient (Wildman–Crippen LogP) is 3.96. The third kappa shape index (κ3) is 2.99. The number of oxazole rings is 1. The minimum Gasteiger partial charge on any atom is -0.418 e. The van der Waals surface area contributed by atoms with Crippen LogP contribution in [0.2, 0.25) is 5.02 Å². The average Bonchev–Trinajstić information content (AvgIpc) is 3.17. The van der Waals surface area contributed by atoms with Gasteiger partial charge in [-0.1, -0.05) is 17.7 Å². The van der Waals surface area contributed by atoms with Crippen molar-refractivity contribution in [2.75, 3.05) is 19.0 Å². The molecule has 0 spiro atoms. The number of hydrogen-bond acceptors (Lipinski definition) is 6. The van der Waals surface area contributed by atoms with Gasteiger partial charge in [0.15, 0.2) is 0 Å². The Labute approximate surface area is 143 Å². The van der Waals surface area contributed by atoms with E-state index in [-0.39, 0.29) is 21.7 Å². The summed E-state index contributed by atoms with van der Waals surface area (Å²) in [6.45, 7) is 0. The molecule has 2 aromatic heterocycles. The molecule has 0 unspecified atom stereocenters. The molecule has 0 radical (unpaired) electrons. The molecule has 1 aromatic carbocycles. The van der Waals surface area contributed by atoms with Gasteiger partial charge in [0.25, 0.3) is 0 Å². The van der Waals surface area contributed by atoms with Crippen LogP contribution >= 0.6 is 22.9 Å². The van der Waals surface area contributed by atoms with Crippen LogP contribution in [0.5, 0.6) is 0 Å². The van der Waals surface area contributed by atoms with E-state index in [0.29, 0.717) is 5.02 Å². The second-order valence-corrected chi connectivity index (χ2v) is 8.21. The van der Waals surface area contributed by atoms with Gasteiger partial charge in [-0.05, 0) is 35.7 Å². The van der Waals surface area contributed by atoms with Crippen LogP contribution in [0.4, 0.5) is 5.88 Å². The van der Waals surface area contributed by atoms with Crippen molar-refractivity contribution < 1.29 is 12.8 Å². The van der Waals surface area contributed by atoms with Gasteiger partial charge in [0.1, 0.15) is 0 Å². The molecule has 23 heavy (non-hydrogen) atoms. The first-order chi connectivity index (χ1) is 10.9. The maximum atomic E-state index is 12.9. The first-order valence-electron chi connectivity index (χ1n) is 6.62. The molecular formula is C15H13ClN2O3S2. The Morgan fingerprint density at radius 1 is 1.17 bits per heavy atom. The van der Waals surface area contributed by atoms with Crippen molar-refractivity contribution in [3.05, 3.63) is 46.8 Å². The smallest absolute Gasteiger partial charge is 0.240 e. The van der Waals surface area contributed by atoms with Crippen LogP contribution in [0, 0.1) is 0 Å². The van der Waals surface area contributed by atoms with E-state index in [1.807, 2.05) is 17.5 Å². The molecule has 2 heterocycles. The molecule has 120 valence electrons. The molecule has 0 saturated carbocycles. The monoisotopic (exact) mass is 368 g/mol. The second kappa shape index (κ2) is 5.99. The number of nitrogens with zero attached hydrogens (tertiary/aromatic N) is 2. The Morgan fingerprint density at radius 3 is 2.43 bits per heavy atom. The van der Waals surface area contributed by atoms with Gasteiger partial charge in [0.2, 0.25) is 26.6 Å². The zero-order valence-corrected chi connectivity index (χ0v) is 14.7. The zero-order chi connectivity index (χ0) is 16.6. The first-order valence-corrected chi connectivity index (χ1v) is 9.36. The maximum Gasteiger partial charge on any atom is 0.240 e. The fourth-order valence-corrected chi connectivity index (χ4v) is 4.14. The van der Waals surface area contributed by atoms with Gasteiger partial charge in [-0.25, -0.2) is 8.42 Å². The lowest BCUT2D eigenvalue weighted by molar-refractivity contribution is 0.565. The third-order valence-corrected chi connectivity index (χ3v) is 5.87. The van der Waals surface area contributed by atoms with Crippen molar-refractivity contribution in [1.82, 2.24) is 4.98 Å². The SMILES string of the molecule is CN(C)c1oc(-c2cccs2)nc1S(=O)(=O)c1ccc(Cl)cc1. The summed E-state index contributed by atoms with van der Waals surface area (Å²) < 4.78 is 31.4. The molecule has 0 N–H and O–H groups in total. The maximum absolute atomic E-state index is 12.9. The Morgan fingerprint density at radius 2 is 1.87 bits per heavy atom. The molecule has 3 aromatic rings. The summed E-state index contributed by atoms with van der Waals surface area (Å²) in [5.41, 5.74) is 0. The summed E-state index contributed by atoms with van der Waals surface area (Å²) in [5, 5.41) is 2.24. The van der Waals surface area contributed by atoms with Crippen molar-refractivity contribution in [2.24, 2.45) is 0 Å². The van der Waals surface area contributed by atoms with E-state index in [4.69, 9.17) is 16.0 Å². The highest BCUT2D eigenvalue weighted by Crippen LogP contribution is 2.35. The number of benzene rings is 1. The summed E-state index contributed by atoms with van der Waals surface area (Å²) >= 11 is 7.26. The molecular weight excluding hydrogens is 356 g/mol. The van der Waals surface area contributed by atoms with E-state index in [1.165, 1.54) is 35.6 Å². The van der Waals surface area contributed by atoms with Gasteiger partial charge < -0.3 is 9.32 Å². The lowest BCUT2D eigenvalue weighted by Crippen LogP contribution is -2.13. The highest BCUT2D eigenvalue weighted by atomic mass is 35.5. The van der Waals surface area contributed by atoms with Crippen molar-refractivity contribution in [1.29, 1.82) is 0 Å². The first kappa shape index (κ1) is 16.0. The van der Waals surface area contributed by atoms with E-state index in [1.54, 1.807) is 19.0 Å². The zero-order valence-electron chi connectivity index (χ0n) is 12.4. The molecule has 0 bridgehead atoms. The normalized spacial score (nSPS) is 11.6. The summed E-state index contributed by atoms with van der Waals surface area (Å²) in [7, 11) is -0.386. The van der Waals surface area contributed by atoms with E-state index in [9.17, 15) is 8.42 Å². The summed E-state index contributed by atoms with van der Waals surface area (Å²) in [6.07, 6.45) is 0. The Hall–Kier alpha value is -1.83. The molecule has 0 aliphatic carbocycles. The molecule has 0 atom stereocenters. The molecule has 3 rings (SSSR count). The second-order valence-electron chi connectivity index (χ2n) is 4.96. The van der Waals surface area contributed by atoms with E-state index >= 15 is 0 Å². The highest BCUT2D eigenvalue weighted by Gasteiger charge is 2.29. The fraction of sp³-hybridized carbons (Fsp3) is 0.133. The summed E-state index contributed by atoms with van der Waals surface area (Å²) in [5.74, 6) is 0.486. The molecule has 5 nitrogen and oxygen atoms in total. The van der Waals surface area contributed by atoms with Crippen molar-refractivity contribution in [3.63, 3.8) is 0 Å². The van der Waals surface area contributed by atoms with E-state index < -0.39 is 9.84 Å². The summed E-state index contributed by atoms with van der Waals surface area (Å²) in [4.78, 5) is 6.71. The van der Waals surface area contributed by atoms with Crippen molar-refractivity contribution in [3.8, 4) is 10.8 Å². The molecule has 8 heteroatoms. The van der Waals surface area contributed by atoms with Gasteiger partial charge in [0, 0.05) is 19.1 Å². The lowest BCUT2D eigenvalue weighted by atomic mass is 10.4. The van der Waals surface area contributed by atoms with Gasteiger partial charge in [0.05, 0.1) is 9.77 Å². The minimum atomic E-state index is -3.80. The van der Waals surface area contributed by atoms with Crippen LogP contribution in [-0.4, -0.2) is 27.5 Å². The lowest BCUT2D eigenvalue weighted by Gasteiger charge is -2.10. The van der Waals surface area contributed by atoms with E-state index in [2.05, 4.69) is 4.98 Å². The largest absolute Gasteiger partial charge is 0.418 e. The van der Waals surface area contributed by atoms with Crippen LogP contribution in [0.3, 0.4) is 0 Å². The molecule has 0 aliphatic rings. The van der Waals surface area contributed by atoms with Crippen LogP contribution in [0.1, 0.15) is 0 Å². The van der Waals surface area contributed by atoms with Gasteiger partial charge in [-0.3, -0.25) is 0 Å². The minimum absolute atomic E-state index is 0.103. The quantitative estimate of drug-likeness (QED) is 0.697. The number of hydrogen-bond donors (Lipinski definition) is 0. The standard InChI is InChI=1S/C15H13ClN2O3S2/c1-18(2)15-14(17-13(21-15)12-4-3-9-22-12)23(19,20)11-7-5-10(16)6-8-11/h3-9H,1-2H3. The van der Waals surface area contributed by atoms with E-state index in [0.717, 1.165) is 4.88 Å². The van der Waals surface area contributed by atoms with Crippen molar-refractivity contribution in [2.45, 2.75) is 9.92 Å². The number of anilines is 1.